The van der Waals surface area contributed by atoms with Crippen molar-refractivity contribution in [2.45, 2.75) is 53.5 Å². The van der Waals surface area contributed by atoms with Crippen molar-refractivity contribution in [2.75, 3.05) is 6.61 Å². The van der Waals surface area contributed by atoms with Gasteiger partial charge in [0, 0.05) is 29.9 Å². The summed E-state index contributed by atoms with van der Waals surface area (Å²) < 4.78 is 7.07. The van der Waals surface area contributed by atoms with E-state index < -0.39 is 0 Å². The molecule has 4 nitrogen and oxygen atoms in total. The topological polar surface area (TPSA) is 48.3 Å². The van der Waals surface area contributed by atoms with Crippen LogP contribution < -0.4 is 0 Å². The number of carbonyl (C=O) groups is 2. The second-order valence-corrected chi connectivity index (χ2v) is 6.29. The van der Waals surface area contributed by atoms with Crippen LogP contribution in [0.3, 0.4) is 0 Å². The van der Waals surface area contributed by atoms with Crippen LogP contribution in [0.1, 0.15) is 55.4 Å². The van der Waals surface area contributed by atoms with Gasteiger partial charge in [-0.2, -0.15) is 0 Å². The maximum Gasteiger partial charge on any atom is 0.307 e. The molecule has 0 spiro atoms. The van der Waals surface area contributed by atoms with Gasteiger partial charge in [-0.25, -0.2) is 0 Å². The van der Waals surface area contributed by atoms with E-state index in [4.69, 9.17) is 4.74 Å². The molecule has 0 aromatic carbocycles. The maximum atomic E-state index is 12.2. The first-order chi connectivity index (χ1) is 9.34. The lowest BCUT2D eigenvalue weighted by atomic mass is 9.76. The highest BCUT2D eigenvalue weighted by Gasteiger charge is 2.33. The molecule has 0 saturated carbocycles. The van der Waals surface area contributed by atoms with Gasteiger partial charge in [0.15, 0.2) is 5.78 Å². The molecule has 1 aliphatic rings. The fraction of sp³-hybridized carbons (Fsp3) is 0.625. The summed E-state index contributed by atoms with van der Waals surface area (Å²) in [6.45, 7) is 9.03. The molecule has 0 saturated heterocycles. The van der Waals surface area contributed by atoms with E-state index >= 15 is 0 Å². The molecular formula is C16H23NO3. The highest BCUT2D eigenvalue weighted by molar-refractivity contribution is 5.99. The lowest BCUT2D eigenvalue weighted by Crippen LogP contribution is -2.28. The number of carbonyl (C=O) groups excluding carboxylic acids is 2. The summed E-state index contributed by atoms with van der Waals surface area (Å²) in [5, 5.41) is 0. The number of hydrogen-bond acceptors (Lipinski definition) is 3. The summed E-state index contributed by atoms with van der Waals surface area (Å²) >= 11 is 0. The number of nitrogens with zero attached hydrogens (tertiary/aromatic N) is 1. The quantitative estimate of drug-likeness (QED) is 0.795. The van der Waals surface area contributed by atoms with Crippen LogP contribution in [-0.4, -0.2) is 22.9 Å². The lowest BCUT2D eigenvalue weighted by molar-refractivity contribution is -0.143. The second kappa shape index (κ2) is 5.43. The lowest BCUT2D eigenvalue weighted by Gasteiger charge is -2.29. The molecule has 0 fully saturated rings. The van der Waals surface area contributed by atoms with E-state index in [0.29, 0.717) is 26.0 Å². The van der Waals surface area contributed by atoms with Crippen molar-refractivity contribution in [3.63, 3.8) is 0 Å². The van der Waals surface area contributed by atoms with Crippen LogP contribution in [-0.2, 0) is 22.5 Å². The van der Waals surface area contributed by atoms with E-state index in [-0.39, 0.29) is 17.2 Å². The predicted octanol–water partition coefficient (Wildman–Crippen LogP) is 2.90. The molecule has 4 heteroatoms. The summed E-state index contributed by atoms with van der Waals surface area (Å²) in [6, 6.07) is 1.96. The van der Waals surface area contributed by atoms with Crippen molar-refractivity contribution < 1.29 is 14.3 Å². The van der Waals surface area contributed by atoms with E-state index in [1.165, 1.54) is 0 Å². The summed E-state index contributed by atoms with van der Waals surface area (Å²) in [6.07, 6.45) is 1.83. The maximum absolute atomic E-state index is 12.2. The molecular weight excluding hydrogens is 254 g/mol. The van der Waals surface area contributed by atoms with Gasteiger partial charge in [0.2, 0.25) is 0 Å². The van der Waals surface area contributed by atoms with E-state index in [0.717, 1.165) is 23.4 Å². The highest BCUT2D eigenvalue weighted by Crippen LogP contribution is 2.36. The molecule has 0 aliphatic heterocycles. The minimum absolute atomic E-state index is 0.00342. The normalized spacial score (nSPS) is 16.9. The average Bonchev–Trinajstić information content (AvgIpc) is 2.62. The van der Waals surface area contributed by atoms with E-state index in [1.54, 1.807) is 0 Å². The monoisotopic (exact) mass is 277 g/mol. The molecule has 110 valence electrons. The van der Waals surface area contributed by atoms with Gasteiger partial charge in [-0.15, -0.1) is 0 Å². The van der Waals surface area contributed by atoms with Crippen LogP contribution in [0.15, 0.2) is 6.07 Å². The number of hydrogen-bond donors (Lipinski definition) is 0. The highest BCUT2D eigenvalue weighted by atomic mass is 16.5. The zero-order valence-corrected chi connectivity index (χ0v) is 12.8. The molecule has 0 bridgehead atoms. The summed E-state index contributed by atoms with van der Waals surface area (Å²) in [5.41, 5.74) is 2.96. The van der Waals surface area contributed by atoms with Gasteiger partial charge >= 0.3 is 5.97 Å². The second-order valence-electron chi connectivity index (χ2n) is 6.29. The van der Waals surface area contributed by atoms with Gasteiger partial charge in [-0.1, -0.05) is 13.8 Å². The molecule has 0 N–H and O–H groups in total. The minimum atomic E-state index is -0.184. The predicted molar refractivity (Wildman–Crippen MR) is 76.9 cm³/mol. The Labute approximate surface area is 120 Å². The molecule has 20 heavy (non-hydrogen) atoms. The first-order valence-corrected chi connectivity index (χ1v) is 7.22. The Morgan fingerprint density at radius 3 is 2.75 bits per heavy atom. The van der Waals surface area contributed by atoms with Crippen LogP contribution in [0.5, 0.6) is 0 Å². The number of ether oxygens (including phenoxy) is 1. The summed E-state index contributed by atoms with van der Waals surface area (Å²) in [7, 11) is 0. The molecule has 0 unspecified atom stereocenters. The molecule has 0 radical (unpaired) electrons. The first kappa shape index (κ1) is 14.8. The van der Waals surface area contributed by atoms with Crippen LogP contribution in [0.2, 0.25) is 0 Å². The van der Waals surface area contributed by atoms with Crippen molar-refractivity contribution in [1.29, 1.82) is 0 Å². The SMILES string of the molecule is CCOC(=O)CCn1c(C)cc2c1CC(C)(C)CC2=O. The molecule has 2 rings (SSSR count). The Morgan fingerprint density at radius 1 is 1.40 bits per heavy atom. The number of rotatable bonds is 4. The van der Waals surface area contributed by atoms with Crippen LogP contribution >= 0.6 is 0 Å². The number of Topliss-reactive ketones (excluding diaryl/α,β-unsaturated/α-hetero) is 1. The van der Waals surface area contributed by atoms with Crippen molar-refractivity contribution >= 4 is 11.8 Å². The zero-order valence-electron chi connectivity index (χ0n) is 12.8. The van der Waals surface area contributed by atoms with Crippen molar-refractivity contribution in [3.05, 3.63) is 23.0 Å². The zero-order chi connectivity index (χ0) is 14.9. The van der Waals surface area contributed by atoms with Crippen molar-refractivity contribution in [1.82, 2.24) is 4.57 Å². The molecule has 1 heterocycles. The van der Waals surface area contributed by atoms with Gasteiger partial charge < -0.3 is 9.30 Å². The van der Waals surface area contributed by atoms with E-state index in [9.17, 15) is 9.59 Å². The van der Waals surface area contributed by atoms with Crippen molar-refractivity contribution in [3.8, 4) is 0 Å². The fourth-order valence-electron chi connectivity index (χ4n) is 2.95. The standard InChI is InChI=1S/C16H23NO3/c1-5-20-15(19)6-7-17-11(2)8-12-13(17)9-16(3,4)10-14(12)18/h8H,5-7,9-10H2,1-4H3. The Balaban J connectivity index is 2.23. The fourth-order valence-corrected chi connectivity index (χ4v) is 2.95. The van der Waals surface area contributed by atoms with E-state index in [2.05, 4.69) is 18.4 Å². The van der Waals surface area contributed by atoms with Crippen molar-refractivity contribution in [2.24, 2.45) is 5.41 Å². The van der Waals surface area contributed by atoms with Gasteiger partial charge in [-0.05, 0) is 31.7 Å². The third-order valence-corrected chi connectivity index (χ3v) is 3.85. The summed E-state index contributed by atoms with van der Waals surface area (Å²) in [5.74, 6) is 0.0324. The third kappa shape index (κ3) is 2.94. The van der Waals surface area contributed by atoms with Crippen LogP contribution in [0.4, 0.5) is 0 Å². The smallest absolute Gasteiger partial charge is 0.307 e. The third-order valence-electron chi connectivity index (χ3n) is 3.85. The van der Waals surface area contributed by atoms with Gasteiger partial charge in [0.25, 0.3) is 0 Å². The van der Waals surface area contributed by atoms with Gasteiger partial charge in [0.1, 0.15) is 0 Å². The molecule has 0 amide bonds. The van der Waals surface area contributed by atoms with Crippen LogP contribution in [0, 0.1) is 12.3 Å². The molecule has 1 aromatic rings. The van der Waals surface area contributed by atoms with Gasteiger partial charge in [0.05, 0.1) is 13.0 Å². The number of esters is 1. The molecule has 1 aliphatic carbocycles. The Bertz CT molecular complexity index is 540. The van der Waals surface area contributed by atoms with Crippen LogP contribution in [0.25, 0.3) is 0 Å². The largest absolute Gasteiger partial charge is 0.466 e. The molecule has 0 atom stereocenters. The Kier molecular flexibility index (Phi) is 4.02. The number of aryl methyl sites for hydroxylation is 1. The minimum Gasteiger partial charge on any atom is -0.466 e. The summed E-state index contributed by atoms with van der Waals surface area (Å²) in [4.78, 5) is 23.7. The number of aromatic nitrogens is 1. The number of fused-ring (bicyclic) bond motifs is 1. The Hall–Kier alpha value is -1.58. The first-order valence-electron chi connectivity index (χ1n) is 7.22. The average molecular weight is 277 g/mol. The Morgan fingerprint density at radius 2 is 2.10 bits per heavy atom. The molecule has 1 aromatic heterocycles. The van der Waals surface area contributed by atoms with E-state index in [1.807, 2.05) is 19.9 Å². The number of ketones is 1. The van der Waals surface area contributed by atoms with Gasteiger partial charge in [-0.3, -0.25) is 9.59 Å².